The molecule has 0 atom stereocenters. The lowest BCUT2D eigenvalue weighted by Gasteiger charge is -2.30. The topological polar surface area (TPSA) is 105 Å². The SMILES string of the molecule is COC(=O)c1ccc(C(=O)OC)c(C(C)(C)c2cc(C(=O)OC)ccc2C(=O)OC)c1. The number of methoxy groups -OCH3 is 4. The molecule has 31 heavy (non-hydrogen) atoms. The van der Waals surface area contributed by atoms with Gasteiger partial charge in [-0.25, -0.2) is 19.2 Å². The van der Waals surface area contributed by atoms with Crippen LogP contribution in [0.25, 0.3) is 0 Å². The first-order valence-electron chi connectivity index (χ1n) is 9.24. The van der Waals surface area contributed by atoms with Crippen molar-refractivity contribution in [3.8, 4) is 0 Å². The summed E-state index contributed by atoms with van der Waals surface area (Å²) in [6, 6.07) is 8.82. The van der Waals surface area contributed by atoms with Crippen LogP contribution in [0.4, 0.5) is 0 Å². The van der Waals surface area contributed by atoms with Crippen LogP contribution in [0.15, 0.2) is 36.4 Å². The molecule has 0 saturated heterocycles. The molecule has 0 spiro atoms. The minimum Gasteiger partial charge on any atom is -0.465 e. The van der Waals surface area contributed by atoms with Gasteiger partial charge in [-0.3, -0.25) is 0 Å². The summed E-state index contributed by atoms with van der Waals surface area (Å²) in [4.78, 5) is 49.1. The maximum absolute atomic E-state index is 12.5. The quantitative estimate of drug-likeness (QED) is 0.510. The molecular weight excluding hydrogens is 404 g/mol. The largest absolute Gasteiger partial charge is 0.465 e. The maximum atomic E-state index is 12.5. The summed E-state index contributed by atoms with van der Waals surface area (Å²) < 4.78 is 19.4. The van der Waals surface area contributed by atoms with Crippen LogP contribution in [0.3, 0.4) is 0 Å². The van der Waals surface area contributed by atoms with Gasteiger partial charge in [0.1, 0.15) is 0 Å². The van der Waals surface area contributed by atoms with E-state index < -0.39 is 29.3 Å². The van der Waals surface area contributed by atoms with E-state index >= 15 is 0 Å². The van der Waals surface area contributed by atoms with Gasteiger partial charge < -0.3 is 18.9 Å². The Labute approximate surface area is 180 Å². The Kier molecular flexibility index (Phi) is 7.17. The summed E-state index contributed by atoms with van der Waals surface area (Å²) in [5.41, 5.74) is 0.563. The van der Waals surface area contributed by atoms with Gasteiger partial charge in [0.05, 0.1) is 50.7 Å². The smallest absolute Gasteiger partial charge is 0.338 e. The summed E-state index contributed by atoms with van der Waals surface area (Å²) in [5.74, 6) is -2.43. The van der Waals surface area contributed by atoms with Gasteiger partial charge in [0.15, 0.2) is 0 Å². The lowest BCUT2D eigenvalue weighted by Crippen LogP contribution is -2.27. The highest BCUT2D eigenvalue weighted by atomic mass is 16.5. The predicted octanol–water partition coefficient (Wildman–Crippen LogP) is 3.16. The third kappa shape index (κ3) is 4.58. The highest BCUT2D eigenvalue weighted by Gasteiger charge is 2.34. The maximum Gasteiger partial charge on any atom is 0.338 e. The molecule has 8 heteroatoms. The lowest BCUT2D eigenvalue weighted by molar-refractivity contribution is 0.0582. The van der Waals surface area contributed by atoms with Crippen LogP contribution in [0.5, 0.6) is 0 Å². The molecule has 8 nitrogen and oxygen atoms in total. The molecule has 0 bridgehead atoms. The normalized spacial score (nSPS) is 10.8. The molecule has 0 saturated carbocycles. The lowest BCUT2D eigenvalue weighted by atomic mass is 9.73. The fourth-order valence-electron chi connectivity index (χ4n) is 3.33. The van der Waals surface area contributed by atoms with Crippen molar-refractivity contribution in [1.29, 1.82) is 0 Å². The zero-order valence-corrected chi connectivity index (χ0v) is 18.2. The number of hydrogen-bond acceptors (Lipinski definition) is 8. The van der Waals surface area contributed by atoms with Crippen LogP contribution in [-0.4, -0.2) is 52.3 Å². The highest BCUT2D eigenvalue weighted by molar-refractivity contribution is 5.97. The first kappa shape index (κ1) is 23.6. The van der Waals surface area contributed by atoms with E-state index in [-0.39, 0.29) is 22.3 Å². The van der Waals surface area contributed by atoms with Gasteiger partial charge in [-0.15, -0.1) is 0 Å². The molecule has 0 radical (unpaired) electrons. The van der Waals surface area contributed by atoms with Gasteiger partial charge in [0, 0.05) is 5.41 Å². The van der Waals surface area contributed by atoms with E-state index in [0.717, 1.165) is 0 Å². The fraction of sp³-hybridized carbons (Fsp3) is 0.304. The summed E-state index contributed by atoms with van der Waals surface area (Å²) in [5, 5.41) is 0. The van der Waals surface area contributed by atoms with Crippen LogP contribution in [0, 0.1) is 0 Å². The molecule has 0 heterocycles. The van der Waals surface area contributed by atoms with Crippen molar-refractivity contribution in [2.24, 2.45) is 0 Å². The van der Waals surface area contributed by atoms with Crippen molar-refractivity contribution in [3.05, 3.63) is 69.8 Å². The number of esters is 4. The predicted molar refractivity (Wildman–Crippen MR) is 110 cm³/mol. The molecular formula is C23H24O8. The van der Waals surface area contributed by atoms with E-state index in [1.54, 1.807) is 13.8 Å². The second kappa shape index (κ2) is 9.42. The number of rotatable bonds is 6. The molecule has 0 unspecified atom stereocenters. The van der Waals surface area contributed by atoms with E-state index in [0.29, 0.717) is 11.1 Å². The average molecular weight is 428 g/mol. The fourth-order valence-corrected chi connectivity index (χ4v) is 3.33. The molecule has 0 amide bonds. The summed E-state index contributed by atoms with van der Waals surface area (Å²) in [6.07, 6.45) is 0. The number of ether oxygens (including phenoxy) is 4. The Hall–Kier alpha value is -3.68. The van der Waals surface area contributed by atoms with E-state index in [1.807, 2.05) is 0 Å². The molecule has 0 N–H and O–H groups in total. The van der Waals surface area contributed by atoms with Crippen molar-refractivity contribution in [2.45, 2.75) is 19.3 Å². The second-order valence-corrected chi connectivity index (χ2v) is 7.11. The Morgan fingerprint density at radius 1 is 0.581 bits per heavy atom. The first-order valence-corrected chi connectivity index (χ1v) is 9.24. The van der Waals surface area contributed by atoms with Crippen LogP contribution >= 0.6 is 0 Å². The number of benzene rings is 2. The molecule has 2 aromatic rings. The first-order chi connectivity index (χ1) is 14.6. The van der Waals surface area contributed by atoms with Gasteiger partial charge in [-0.05, 0) is 47.5 Å². The molecule has 2 aromatic carbocycles. The standard InChI is InChI=1S/C23H24O8/c1-23(2,17-11-13(19(24)28-3)7-9-15(17)21(26)30-5)18-12-14(20(25)29-4)8-10-16(18)22(27)31-6/h7-12H,1-6H3. The van der Waals surface area contributed by atoms with Gasteiger partial charge in [-0.1, -0.05) is 13.8 Å². The summed E-state index contributed by atoms with van der Waals surface area (Å²) in [6.45, 7) is 3.50. The molecule has 0 aliphatic carbocycles. The van der Waals surface area contributed by atoms with E-state index in [9.17, 15) is 19.2 Å². The van der Waals surface area contributed by atoms with Crippen LogP contribution < -0.4 is 0 Å². The van der Waals surface area contributed by atoms with Gasteiger partial charge in [-0.2, -0.15) is 0 Å². The molecule has 0 fully saturated rings. The zero-order valence-electron chi connectivity index (χ0n) is 18.2. The number of carbonyl (C=O) groups excluding carboxylic acids is 4. The number of carbonyl (C=O) groups is 4. The molecule has 0 aliphatic heterocycles. The Balaban J connectivity index is 2.86. The minimum atomic E-state index is -1.04. The summed E-state index contributed by atoms with van der Waals surface area (Å²) >= 11 is 0. The summed E-state index contributed by atoms with van der Waals surface area (Å²) in [7, 11) is 4.98. The van der Waals surface area contributed by atoms with E-state index in [2.05, 4.69) is 0 Å². The van der Waals surface area contributed by atoms with Crippen molar-refractivity contribution < 1.29 is 38.1 Å². The van der Waals surface area contributed by atoms with Crippen molar-refractivity contribution >= 4 is 23.9 Å². The second-order valence-electron chi connectivity index (χ2n) is 7.11. The minimum absolute atomic E-state index is 0.194. The molecule has 2 rings (SSSR count). The third-order valence-corrected chi connectivity index (χ3v) is 5.04. The number of hydrogen-bond donors (Lipinski definition) is 0. The van der Waals surface area contributed by atoms with Crippen LogP contribution in [0.1, 0.15) is 66.4 Å². The Morgan fingerprint density at radius 3 is 1.19 bits per heavy atom. The van der Waals surface area contributed by atoms with E-state index in [1.165, 1.54) is 64.8 Å². The Bertz CT molecular complexity index is 954. The van der Waals surface area contributed by atoms with Crippen LogP contribution in [0.2, 0.25) is 0 Å². The molecule has 0 aromatic heterocycles. The molecule has 164 valence electrons. The van der Waals surface area contributed by atoms with Crippen molar-refractivity contribution in [3.63, 3.8) is 0 Å². The van der Waals surface area contributed by atoms with Crippen molar-refractivity contribution in [2.75, 3.05) is 28.4 Å². The van der Waals surface area contributed by atoms with E-state index in [4.69, 9.17) is 18.9 Å². The highest BCUT2D eigenvalue weighted by Crippen LogP contribution is 2.37. The monoisotopic (exact) mass is 428 g/mol. The Morgan fingerprint density at radius 2 is 0.903 bits per heavy atom. The third-order valence-electron chi connectivity index (χ3n) is 5.04. The average Bonchev–Trinajstić information content (AvgIpc) is 2.80. The van der Waals surface area contributed by atoms with Crippen molar-refractivity contribution in [1.82, 2.24) is 0 Å². The van der Waals surface area contributed by atoms with Crippen LogP contribution in [-0.2, 0) is 24.4 Å². The molecule has 0 aliphatic rings. The van der Waals surface area contributed by atoms with Gasteiger partial charge in [0.25, 0.3) is 0 Å². The zero-order chi connectivity index (χ0) is 23.3. The van der Waals surface area contributed by atoms with Gasteiger partial charge >= 0.3 is 23.9 Å². The van der Waals surface area contributed by atoms with Gasteiger partial charge in [0.2, 0.25) is 0 Å².